The van der Waals surface area contributed by atoms with Crippen molar-refractivity contribution in [3.63, 3.8) is 0 Å². The van der Waals surface area contributed by atoms with Crippen molar-refractivity contribution in [1.29, 1.82) is 0 Å². The summed E-state index contributed by atoms with van der Waals surface area (Å²) in [5.74, 6) is -0.710. The molecule has 0 bridgehead atoms. The maximum absolute atomic E-state index is 11.4. The van der Waals surface area contributed by atoms with Gasteiger partial charge in [-0.05, 0) is 25.6 Å². The van der Waals surface area contributed by atoms with Crippen molar-refractivity contribution in [2.45, 2.75) is 25.7 Å². The molecule has 94 valence electrons. The molecule has 0 aliphatic carbocycles. The zero-order valence-corrected chi connectivity index (χ0v) is 10.8. The molecule has 0 radical (unpaired) electrons. The molecule has 1 unspecified atom stereocenters. The molecule has 1 saturated heterocycles. The molecule has 1 aliphatic heterocycles. The van der Waals surface area contributed by atoms with E-state index in [0.717, 1.165) is 12.1 Å². The van der Waals surface area contributed by atoms with E-state index >= 15 is 0 Å². The largest absolute Gasteiger partial charge is 0.481 e. The molecule has 2 rings (SSSR count). The molecule has 3 heteroatoms. The lowest BCUT2D eigenvalue weighted by Crippen LogP contribution is -2.38. The number of aliphatic carboxylic acids is 1. The molecule has 1 aliphatic rings. The second-order valence-electron chi connectivity index (χ2n) is 4.24. The Morgan fingerprint density at radius 2 is 1.88 bits per heavy atom. The van der Waals surface area contributed by atoms with Crippen LogP contribution >= 0.6 is 0 Å². The zero-order chi connectivity index (χ0) is 12.9. The second-order valence-corrected chi connectivity index (χ2v) is 4.24. The molecule has 1 aromatic carbocycles. The monoisotopic (exact) mass is 235 g/mol. The van der Waals surface area contributed by atoms with Crippen LogP contribution < -0.4 is 0 Å². The van der Waals surface area contributed by atoms with Crippen LogP contribution in [-0.2, 0) is 10.2 Å². The van der Waals surface area contributed by atoms with Crippen LogP contribution in [0.3, 0.4) is 0 Å². The van der Waals surface area contributed by atoms with Crippen molar-refractivity contribution in [1.82, 2.24) is 4.90 Å². The number of hydrogen-bond acceptors (Lipinski definition) is 2. The van der Waals surface area contributed by atoms with E-state index in [-0.39, 0.29) is 0 Å². The van der Waals surface area contributed by atoms with Crippen molar-refractivity contribution in [2.24, 2.45) is 0 Å². The van der Waals surface area contributed by atoms with Gasteiger partial charge in [-0.15, -0.1) is 0 Å². The molecule has 0 aromatic heterocycles. The highest BCUT2D eigenvalue weighted by Gasteiger charge is 2.45. The number of benzene rings is 1. The summed E-state index contributed by atoms with van der Waals surface area (Å²) in [7, 11) is 1.97. The van der Waals surface area contributed by atoms with E-state index in [4.69, 9.17) is 0 Å². The number of hydrogen-bond donors (Lipinski definition) is 1. The van der Waals surface area contributed by atoms with Crippen LogP contribution in [-0.4, -0.2) is 36.1 Å². The van der Waals surface area contributed by atoms with Crippen LogP contribution in [0, 0.1) is 0 Å². The minimum Gasteiger partial charge on any atom is -0.481 e. The number of rotatable bonds is 2. The van der Waals surface area contributed by atoms with Crippen LogP contribution in [0.15, 0.2) is 30.3 Å². The Hall–Kier alpha value is -1.35. The third-order valence-corrected chi connectivity index (χ3v) is 3.20. The molecule has 3 nitrogen and oxygen atoms in total. The molecule has 1 heterocycles. The van der Waals surface area contributed by atoms with E-state index in [9.17, 15) is 9.90 Å². The van der Waals surface area contributed by atoms with Gasteiger partial charge in [0.05, 0.1) is 0 Å². The first-order chi connectivity index (χ1) is 8.15. The first-order valence-corrected chi connectivity index (χ1v) is 6.13. The smallest absolute Gasteiger partial charge is 0.315 e. The molecular formula is C14H21NO2. The predicted molar refractivity (Wildman–Crippen MR) is 69.2 cm³/mol. The van der Waals surface area contributed by atoms with E-state index in [0.29, 0.717) is 13.0 Å². The number of likely N-dealkylation sites (N-methyl/N-ethyl adjacent to an activating group) is 1. The summed E-state index contributed by atoms with van der Waals surface area (Å²) in [6, 6.07) is 9.54. The van der Waals surface area contributed by atoms with Gasteiger partial charge >= 0.3 is 5.97 Å². The predicted octanol–water partition coefficient (Wildman–Crippen LogP) is 2.37. The first kappa shape index (κ1) is 13.7. The quantitative estimate of drug-likeness (QED) is 0.855. The number of carboxylic acids is 1. The van der Waals surface area contributed by atoms with Gasteiger partial charge in [0, 0.05) is 6.54 Å². The zero-order valence-electron chi connectivity index (χ0n) is 10.8. The van der Waals surface area contributed by atoms with Gasteiger partial charge in [0.1, 0.15) is 5.41 Å². The third kappa shape index (κ3) is 2.67. The highest BCUT2D eigenvalue weighted by atomic mass is 16.4. The Morgan fingerprint density at radius 3 is 2.29 bits per heavy atom. The molecule has 1 atom stereocenters. The number of nitrogens with zero attached hydrogens (tertiary/aromatic N) is 1. The van der Waals surface area contributed by atoms with Crippen LogP contribution in [0.2, 0.25) is 0 Å². The fourth-order valence-electron chi connectivity index (χ4n) is 2.29. The fourth-order valence-corrected chi connectivity index (χ4v) is 2.29. The maximum atomic E-state index is 11.4. The van der Waals surface area contributed by atoms with E-state index < -0.39 is 11.4 Å². The Morgan fingerprint density at radius 1 is 1.29 bits per heavy atom. The van der Waals surface area contributed by atoms with E-state index in [2.05, 4.69) is 4.90 Å². The molecule has 0 saturated carbocycles. The number of likely N-dealkylation sites (tertiary alicyclic amines) is 1. The van der Waals surface area contributed by atoms with Crippen LogP contribution in [0.25, 0.3) is 0 Å². The topological polar surface area (TPSA) is 40.5 Å². The lowest BCUT2D eigenvalue weighted by Gasteiger charge is -2.24. The minimum absolute atomic E-state index is 0.604. The molecule has 1 aromatic rings. The van der Waals surface area contributed by atoms with Gasteiger partial charge in [-0.25, -0.2) is 0 Å². The van der Waals surface area contributed by atoms with Gasteiger partial charge in [0.15, 0.2) is 0 Å². The standard InChI is InChI=1S/C12H15NO2.C2H6/c1-13-8-7-12(9-13,11(14)15)10-5-3-2-4-6-10;1-2/h2-6H,7-9H2,1H3,(H,14,15);1-2H3. The summed E-state index contributed by atoms with van der Waals surface area (Å²) >= 11 is 0. The highest BCUT2D eigenvalue weighted by Crippen LogP contribution is 2.34. The van der Waals surface area contributed by atoms with Crippen molar-refractivity contribution in [2.75, 3.05) is 20.1 Å². The van der Waals surface area contributed by atoms with Crippen molar-refractivity contribution < 1.29 is 9.90 Å². The van der Waals surface area contributed by atoms with Crippen LogP contribution in [0.1, 0.15) is 25.8 Å². The summed E-state index contributed by atoms with van der Waals surface area (Å²) in [5, 5.41) is 9.41. The highest BCUT2D eigenvalue weighted by molar-refractivity contribution is 5.82. The Bertz CT molecular complexity index is 364. The first-order valence-electron chi connectivity index (χ1n) is 6.13. The Balaban J connectivity index is 0.000000686. The van der Waals surface area contributed by atoms with E-state index in [1.807, 2.05) is 51.2 Å². The van der Waals surface area contributed by atoms with Gasteiger partial charge in [-0.2, -0.15) is 0 Å². The Labute approximate surface area is 103 Å². The summed E-state index contributed by atoms with van der Waals surface area (Å²) in [6.45, 7) is 5.45. The number of carbonyl (C=O) groups is 1. The summed E-state index contributed by atoms with van der Waals surface area (Å²) in [6.07, 6.45) is 0.697. The van der Waals surface area contributed by atoms with Gasteiger partial charge in [-0.3, -0.25) is 4.79 Å². The summed E-state index contributed by atoms with van der Waals surface area (Å²) in [4.78, 5) is 13.5. The number of carboxylic acid groups (broad SMARTS) is 1. The maximum Gasteiger partial charge on any atom is 0.315 e. The molecule has 17 heavy (non-hydrogen) atoms. The molecule has 1 fully saturated rings. The van der Waals surface area contributed by atoms with Crippen LogP contribution in [0.4, 0.5) is 0 Å². The van der Waals surface area contributed by atoms with Crippen molar-refractivity contribution in [3.05, 3.63) is 35.9 Å². The third-order valence-electron chi connectivity index (χ3n) is 3.20. The SMILES string of the molecule is CC.CN1CCC(C(=O)O)(c2ccccc2)C1. The summed E-state index contributed by atoms with van der Waals surface area (Å²) < 4.78 is 0. The average Bonchev–Trinajstić information content (AvgIpc) is 2.77. The normalized spacial score (nSPS) is 23.9. The van der Waals surface area contributed by atoms with Crippen LogP contribution in [0.5, 0.6) is 0 Å². The van der Waals surface area contributed by atoms with Gasteiger partial charge < -0.3 is 10.0 Å². The van der Waals surface area contributed by atoms with Gasteiger partial charge in [0.25, 0.3) is 0 Å². The molecule has 0 amide bonds. The van der Waals surface area contributed by atoms with Crippen molar-refractivity contribution in [3.8, 4) is 0 Å². The second kappa shape index (κ2) is 5.82. The lowest BCUT2D eigenvalue weighted by atomic mass is 9.80. The molecule has 0 spiro atoms. The van der Waals surface area contributed by atoms with E-state index in [1.165, 1.54) is 0 Å². The molecular weight excluding hydrogens is 214 g/mol. The minimum atomic E-state index is -0.710. The Kier molecular flexibility index (Phi) is 4.70. The van der Waals surface area contributed by atoms with E-state index in [1.54, 1.807) is 0 Å². The summed E-state index contributed by atoms with van der Waals surface area (Å²) in [5.41, 5.74) is 0.220. The average molecular weight is 235 g/mol. The van der Waals surface area contributed by atoms with Gasteiger partial charge in [0.2, 0.25) is 0 Å². The van der Waals surface area contributed by atoms with Gasteiger partial charge in [-0.1, -0.05) is 44.2 Å². The lowest BCUT2D eigenvalue weighted by molar-refractivity contribution is -0.143. The molecule has 1 N–H and O–H groups in total. The van der Waals surface area contributed by atoms with Crippen molar-refractivity contribution >= 4 is 5.97 Å². The fraction of sp³-hybridized carbons (Fsp3) is 0.500.